The van der Waals surface area contributed by atoms with Gasteiger partial charge in [-0.25, -0.2) is 18.2 Å². The third-order valence-corrected chi connectivity index (χ3v) is 12.6. The number of unbranched alkanes of at least 4 members (excludes halogenated alkanes) is 1. The zero-order valence-electron chi connectivity index (χ0n) is 30.7. The number of hydrogen-bond acceptors (Lipinski definition) is 10. The Hall–Kier alpha value is -3.89. The number of imide groups is 1. The second kappa shape index (κ2) is 18.9. The predicted molar refractivity (Wildman–Crippen MR) is 201 cm³/mol. The van der Waals surface area contributed by atoms with Crippen LogP contribution in [0.1, 0.15) is 68.1 Å². The van der Waals surface area contributed by atoms with E-state index in [1.807, 2.05) is 37.3 Å². The Labute approximate surface area is 316 Å². The number of aliphatic hydroxyl groups is 1. The lowest BCUT2D eigenvalue weighted by Crippen LogP contribution is -2.56. The van der Waals surface area contributed by atoms with Crippen molar-refractivity contribution in [1.29, 1.82) is 0 Å². The normalized spacial score (nSPS) is 17.1. The van der Waals surface area contributed by atoms with Crippen LogP contribution in [0, 0.1) is 5.92 Å². The first-order valence-corrected chi connectivity index (χ1v) is 20.6. The summed E-state index contributed by atoms with van der Waals surface area (Å²) >= 11 is 1.37. The SMILES string of the molecule is CCCC[C@@H](C(=O)N[C@@H](Cc1ccccc1)[C@H](O)CN(CC1CCCC1)S(=O)(=O)c1ccc(OC)cc1)N1CC(=O)N(Cc2csc(COC)n2)C1=O. The van der Waals surface area contributed by atoms with Crippen LogP contribution in [-0.4, -0.2) is 103 Å². The van der Waals surface area contributed by atoms with Gasteiger partial charge in [0.05, 0.1) is 43.0 Å². The molecule has 4 amide bonds. The minimum Gasteiger partial charge on any atom is -0.497 e. The van der Waals surface area contributed by atoms with Gasteiger partial charge in [0, 0.05) is 25.6 Å². The van der Waals surface area contributed by atoms with Crippen LogP contribution < -0.4 is 10.1 Å². The third kappa shape index (κ3) is 10.4. The van der Waals surface area contributed by atoms with E-state index in [4.69, 9.17) is 9.47 Å². The van der Waals surface area contributed by atoms with Crippen molar-refractivity contribution in [3.05, 3.63) is 76.2 Å². The summed E-state index contributed by atoms with van der Waals surface area (Å²) in [6, 6.07) is 13.0. The van der Waals surface area contributed by atoms with Gasteiger partial charge in [0.2, 0.25) is 15.9 Å². The zero-order chi connectivity index (χ0) is 38.0. The van der Waals surface area contributed by atoms with E-state index in [9.17, 15) is 27.9 Å². The van der Waals surface area contributed by atoms with Crippen molar-refractivity contribution in [2.75, 3.05) is 33.9 Å². The molecule has 3 atom stereocenters. The van der Waals surface area contributed by atoms with Crippen molar-refractivity contribution in [3.63, 3.8) is 0 Å². The Bertz CT molecular complexity index is 1770. The molecule has 0 bridgehead atoms. The molecule has 1 saturated carbocycles. The molecule has 3 aromatic rings. The van der Waals surface area contributed by atoms with E-state index in [1.54, 1.807) is 24.6 Å². The number of carbonyl (C=O) groups is 3. The van der Waals surface area contributed by atoms with Crippen LogP contribution in [0.4, 0.5) is 4.79 Å². The molecular weight excluding hydrogens is 719 g/mol. The molecule has 1 aliphatic heterocycles. The van der Waals surface area contributed by atoms with Crippen LogP contribution in [0.5, 0.6) is 5.75 Å². The maximum atomic E-state index is 14.3. The van der Waals surface area contributed by atoms with E-state index in [0.29, 0.717) is 30.9 Å². The Morgan fingerprint density at radius 3 is 2.47 bits per heavy atom. The number of aromatic nitrogens is 1. The number of nitrogens with zero attached hydrogens (tertiary/aromatic N) is 4. The van der Waals surface area contributed by atoms with E-state index in [2.05, 4.69) is 10.3 Å². The van der Waals surface area contributed by atoms with E-state index in [-0.39, 0.29) is 43.4 Å². The average molecular weight is 770 g/mol. The number of thiazole rings is 1. The van der Waals surface area contributed by atoms with Gasteiger partial charge < -0.3 is 24.8 Å². The highest BCUT2D eigenvalue weighted by Crippen LogP contribution is 2.29. The maximum absolute atomic E-state index is 14.3. The van der Waals surface area contributed by atoms with Gasteiger partial charge in [-0.05, 0) is 61.4 Å². The Kier molecular flexibility index (Phi) is 14.4. The minimum absolute atomic E-state index is 0.0225. The molecule has 2 aliphatic rings. The number of amides is 4. The fourth-order valence-corrected chi connectivity index (χ4v) is 9.26. The molecule has 1 aromatic heterocycles. The zero-order valence-corrected chi connectivity index (χ0v) is 32.3. The summed E-state index contributed by atoms with van der Waals surface area (Å²) in [5, 5.41) is 17.4. The fraction of sp³-hybridized carbons (Fsp3) is 0.526. The Morgan fingerprint density at radius 2 is 1.81 bits per heavy atom. The molecule has 1 saturated heterocycles. The maximum Gasteiger partial charge on any atom is 0.328 e. The largest absolute Gasteiger partial charge is 0.497 e. The number of nitrogens with one attached hydrogen (secondary N) is 1. The first-order chi connectivity index (χ1) is 25.5. The first kappa shape index (κ1) is 40.3. The van der Waals surface area contributed by atoms with E-state index in [0.717, 1.165) is 47.6 Å². The summed E-state index contributed by atoms with van der Waals surface area (Å²) in [7, 11) is -0.961. The summed E-state index contributed by atoms with van der Waals surface area (Å²) in [5.41, 5.74) is 1.38. The van der Waals surface area contributed by atoms with Crippen LogP contribution in [-0.2, 0) is 43.9 Å². The smallest absolute Gasteiger partial charge is 0.328 e. The lowest BCUT2D eigenvalue weighted by atomic mass is 9.99. The lowest BCUT2D eigenvalue weighted by Gasteiger charge is -2.33. The van der Waals surface area contributed by atoms with Gasteiger partial charge in [-0.2, -0.15) is 4.31 Å². The lowest BCUT2D eigenvalue weighted by molar-refractivity contribution is -0.128. The summed E-state index contributed by atoms with van der Waals surface area (Å²) in [6.45, 7) is 1.99. The van der Waals surface area contributed by atoms with Crippen LogP contribution in [0.15, 0.2) is 64.9 Å². The van der Waals surface area contributed by atoms with Gasteiger partial charge in [0.15, 0.2) is 0 Å². The van der Waals surface area contributed by atoms with Gasteiger partial charge in [0.25, 0.3) is 5.91 Å². The van der Waals surface area contributed by atoms with Gasteiger partial charge >= 0.3 is 6.03 Å². The van der Waals surface area contributed by atoms with Gasteiger partial charge in [-0.1, -0.05) is 62.9 Å². The van der Waals surface area contributed by atoms with Crippen molar-refractivity contribution in [2.24, 2.45) is 5.92 Å². The van der Waals surface area contributed by atoms with Crippen molar-refractivity contribution >= 4 is 39.2 Å². The molecule has 13 nitrogen and oxygen atoms in total. The van der Waals surface area contributed by atoms with Crippen molar-refractivity contribution in [3.8, 4) is 5.75 Å². The number of benzene rings is 2. The van der Waals surface area contributed by atoms with Crippen LogP contribution in [0.25, 0.3) is 0 Å². The summed E-state index contributed by atoms with van der Waals surface area (Å²) in [4.78, 5) is 48.1. The highest BCUT2D eigenvalue weighted by Gasteiger charge is 2.43. The highest BCUT2D eigenvalue weighted by molar-refractivity contribution is 7.89. The number of carbonyl (C=O) groups excluding carboxylic acids is 3. The quantitative estimate of drug-likeness (QED) is 0.157. The molecule has 1 aliphatic carbocycles. The highest BCUT2D eigenvalue weighted by atomic mass is 32.2. The Morgan fingerprint density at radius 1 is 1.09 bits per heavy atom. The number of ether oxygens (including phenoxy) is 2. The van der Waals surface area contributed by atoms with E-state index < -0.39 is 46.1 Å². The second-order valence-electron chi connectivity index (χ2n) is 13.7. The molecule has 2 aromatic carbocycles. The molecule has 288 valence electrons. The van der Waals surface area contributed by atoms with E-state index in [1.165, 1.54) is 39.8 Å². The third-order valence-electron chi connectivity index (χ3n) is 9.90. The summed E-state index contributed by atoms with van der Waals surface area (Å²) in [6.07, 6.45) is 4.39. The first-order valence-electron chi connectivity index (χ1n) is 18.2. The summed E-state index contributed by atoms with van der Waals surface area (Å²) in [5.74, 6) is -0.279. The Balaban J connectivity index is 1.38. The topological polar surface area (TPSA) is 159 Å². The predicted octanol–water partition coefficient (Wildman–Crippen LogP) is 4.59. The van der Waals surface area contributed by atoms with Crippen LogP contribution >= 0.6 is 11.3 Å². The molecule has 2 N–H and O–H groups in total. The minimum atomic E-state index is -4.03. The molecular formula is C38H51N5O8S2. The van der Waals surface area contributed by atoms with Crippen molar-refractivity contribution in [1.82, 2.24) is 24.4 Å². The van der Waals surface area contributed by atoms with Gasteiger partial charge in [-0.3, -0.25) is 14.5 Å². The number of aliphatic hydroxyl groups excluding tert-OH is 1. The number of rotatable bonds is 20. The fourth-order valence-electron chi connectivity index (χ4n) is 6.97. The molecule has 0 unspecified atom stereocenters. The second-order valence-corrected chi connectivity index (χ2v) is 16.6. The van der Waals surface area contributed by atoms with Crippen molar-refractivity contribution in [2.45, 2.75) is 94.5 Å². The average Bonchev–Trinajstić information content (AvgIpc) is 3.90. The molecule has 0 radical (unpaired) electrons. The van der Waals surface area contributed by atoms with Crippen LogP contribution in [0.3, 0.4) is 0 Å². The summed E-state index contributed by atoms with van der Waals surface area (Å²) < 4.78 is 39.9. The number of urea groups is 1. The molecule has 2 heterocycles. The molecule has 15 heteroatoms. The van der Waals surface area contributed by atoms with Gasteiger partial charge in [0.1, 0.15) is 23.3 Å². The standard InChI is InChI=1S/C38H51N5O8S2/c1-4-5-15-33(42-24-36(45)43(38(42)47)22-29-26-52-35(39-29)25-50-2)37(46)40-32(20-27-11-7-6-8-12-27)34(44)23-41(21-28-13-9-10-14-28)53(48,49)31-18-16-30(51-3)17-19-31/h6-8,11-12,16-19,26,28,32-34,44H,4-5,9-10,13-15,20-25H2,1-3H3,(H,40,46)/t32-,33-,34+/m0/s1. The number of methoxy groups -OCH3 is 2. The monoisotopic (exact) mass is 769 g/mol. The van der Waals surface area contributed by atoms with Crippen LogP contribution in [0.2, 0.25) is 0 Å². The molecule has 53 heavy (non-hydrogen) atoms. The molecule has 2 fully saturated rings. The molecule has 0 spiro atoms. The van der Waals surface area contributed by atoms with E-state index >= 15 is 0 Å². The number of sulfonamides is 1. The van der Waals surface area contributed by atoms with Crippen molar-refractivity contribution < 1.29 is 37.4 Å². The van der Waals surface area contributed by atoms with Gasteiger partial charge in [-0.15, -0.1) is 11.3 Å². The molecule has 5 rings (SSSR count). The number of hydrogen-bond donors (Lipinski definition) is 2.